The van der Waals surface area contributed by atoms with Crippen LogP contribution in [-0.4, -0.2) is 49.6 Å². The van der Waals surface area contributed by atoms with E-state index in [1.54, 1.807) is 67.0 Å². The van der Waals surface area contributed by atoms with Gasteiger partial charge in [-0.1, -0.05) is 6.07 Å². The molecule has 0 unspecified atom stereocenters. The number of methoxy groups -OCH3 is 1. The van der Waals surface area contributed by atoms with Crippen LogP contribution in [0.2, 0.25) is 0 Å². The molecule has 34 heavy (non-hydrogen) atoms. The van der Waals surface area contributed by atoms with Gasteiger partial charge in [0.05, 0.1) is 19.8 Å². The summed E-state index contributed by atoms with van der Waals surface area (Å²) in [6.07, 6.45) is 2.28. The van der Waals surface area contributed by atoms with E-state index in [0.717, 1.165) is 38.3 Å². The molecule has 0 radical (unpaired) electrons. The van der Waals surface area contributed by atoms with Crippen LogP contribution in [0.1, 0.15) is 28.1 Å². The molecule has 2 heterocycles. The number of hydrogen-bond acceptors (Lipinski definition) is 6. The van der Waals surface area contributed by atoms with Crippen LogP contribution < -0.4 is 15.4 Å². The summed E-state index contributed by atoms with van der Waals surface area (Å²) >= 11 is 1.69. The number of benzene rings is 2. The molecular formula is C26H29N3O4S. The molecule has 2 aromatic carbocycles. The van der Waals surface area contributed by atoms with E-state index in [0.29, 0.717) is 16.9 Å². The molecule has 4 rings (SSSR count). The maximum absolute atomic E-state index is 12.8. The highest BCUT2D eigenvalue weighted by atomic mass is 32.1. The predicted octanol–water partition coefficient (Wildman–Crippen LogP) is 4.63. The fraction of sp³-hybridized carbons (Fsp3) is 0.308. The van der Waals surface area contributed by atoms with Crippen LogP contribution in [0.5, 0.6) is 5.75 Å². The van der Waals surface area contributed by atoms with Crippen LogP contribution in [0.3, 0.4) is 0 Å². The van der Waals surface area contributed by atoms with Crippen LogP contribution in [0.15, 0.2) is 66.0 Å². The first-order valence-electron chi connectivity index (χ1n) is 11.3. The van der Waals surface area contributed by atoms with Gasteiger partial charge in [-0.3, -0.25) is 14.5 Å². The van der Waals surface area contributed by atoms with Gasteiger partial charge in [0.1, 0.15) is 5.75 Å². The first-order chi connectivity index (χ1) is 16.6. The third-order valence-corrected chi connectivity index (χ3v) is 6.45. The monoisotopic (exact) mass is 479 g/mol. The minimum absolute atomic E-state index is 0.0926. The lowest BCUT2D eigenvalue weighted by Crippen LogP contribution is -2.37. The molecule has 1 aromatic heterocycles. The molecule has 178 valence electrons. The topological polar surface area (TPSA) is 79.9 Å². The molecule has 0 saturated carbocycles. The van der Waals surface area contributed by atoms with E-state index in [2.05, 4.69) is 21.6 Å². The summed E-state index contributed by atoms with van der Waals surface area (Å²) in [5.41, 5.74) is 1.84. The molecular weight excluding hydrogens is 450 g/mol. The lowest BCUT2D eigenvalue weighted by molar-refractivity contribution is -0.117. The minimum Gasteiger partial charge on any atom is -0.497 e. The SMILES string of the molecule is COc1ccc(NC(=O)c2ccc(NC(=O)CN(Cc3cccs3)C[C@H]3CCCO3)cc2)cc1. The first kappa shape index (κ1) is 23.9. The van der Waals surface area contributed by atoms with Gasteiger partial charge in [0, 0.05) is 41.5 Å². The highest BCUT2D eigenvalue weighted by molar-refractivity contribution is 7.09. The Morgan fingerprint density at radius 2 is 1.79 bits per heavy atom. The zero-order valence-corrected chi connectivity index (χ0v) is 20.0. The fourth-order valence-corrected chi connectivity index (χ4v) is 4.62. The summed E-state index contributed by atoms with van der Waals surface area (Å²) in [5.74, 6) is 0.412. The average Bonchev–Trinajstić information content (AvgIpc) is 3.54. The number of nitrogens with one attached hydrogen (secondary N) is 2. The van der Waals surface area contributed by atoms with Crippen molar-refractivity contribution in [2.45, 2.75) is 25.5 Å². The van der Waals surface area contributed by atoms with Crippen molar-refractivity contribution >= 4 is 34.5 Å². The van der Waals surface area contributed by atoms with Crippen LogP contribution in [0.4, 0.5) is 11.4 Å². The molecule has 1 fully saturated rings. The summed E-state index contributed by atoms with van der Waals surface area (Å²) in [6.45, 7) is 2.52. The van der Waals surface area contributed by atoms with Crippen molar-refractivity contribution in [3.63, 3.8) is 0 Å². The van der Waals surface area contributed by atoms with E-state index in [-0.39, 0.29) is 24.5 Å². The van der Waals surface area contributed by atoms with Gasteiger partial charge in [-0.25, -0.2) is 0 Å². The second-order valence-electron chi connectivity index (χ2n) is 8.19. The van der Waals surface area contributed by atoms with Crippen molar-refractivity contribution < 1.29 is 19.1 Å². The zero-order valence-electron chi connectivity index (χ0n) is 19.2. The number of amides is 2. The Morgan fingerprint density at radius 1 is 1.06 bits per heavy atom. The van der Waals surface area contributed by atoms with E-state index in [1.165, 1.54) is 4.88 Å². The third-order valence-electron chi connectivity index (χ3n) is 5.59. The Kier molecular flexibility index (Phi) is 8.30. The van der Waals surface area contributed by atoms with Crippen LogP contribution >= 0.6 is 11.3 Å². The number of rotatable bonds is 10. The Labute approximate surface area is 203 Å². The zero-order chi connectivity index (χ0) is 23.8. The summed E-state index contributed by atoms with van der Waals surface area (Å²) in [7, 11) is 1.60. The number of carbonyl (C=O) groups excluding carboxylic acids is 2. The summed E-state index contributed by atoms with van der Waals surface area (Å²) in [5, 5.41) is 7.84. The standard InChI is InChI=1S/C26H29N3O4S/c1-32-22-12-10-21(11-13-22)28-26(31)19-6-8-20(9-7-19)27-25(30)18-29(16-23-4-2-14-33-23)17-24-5-3-15-34-24/h3,5-13,15,23H,2,4,14,16-18H2,1H3,(H,27,30)(H,28,31)/t23-/m1/s1. The van der Waals surface area contributed by atoms with E-state index >= 15 is 0 Å². The maximum Gasteiger partial charge on any atom is 0.255 e. The molecule has 0 bridgehead atoms. The van der Waals surface area contributed by atoms with Crippen molar-refractivity contribution in [2.75, 3.05) is 37.4 Å². The molecule has 3 aromatic rings. The number of thiophene rings is 1. The Balaban J connectivity index is 1.31. The summed E-state index contributed by atoms with van der Waals surface area (Å²) in [6, 6.07) is 18.1. The van der Waals surface area contributed by atoms with Gasteiger partial charge in [-0.05, 0) is 72.8 Å². The predicted molar refractivity (Wildman–Crippen MR) is 135 cm³/mol. The number of carbonyl (C=O) groups is 2. The van der Waals surface area contributed by atoms with E-state index in [1.807, 2.05) is 11.4 Å². The smallest absolute Gasteiger partial charge is 0.255 e. The quantitative estimate of drug-likeness (QED) is 0.443. The lowest BCUT2D eigenvalue weighted by Gasteiger charge is -2.24. The van der Waals surface area contributed by atoms with Crippen molar-refractivity contribution in [3.8, 4) is 5.75 Å². The van der Waals surface area contributed by atoms with Crippen LogP contribution in [0, 0.1) is 0 Å². The van der Waals surface area contributed by atoms with Gasteiger partial charge in [-0.15, -0.1) is 11.3 Å². The summed E-state index contributed by atoms with van der Waals surface area (Å²) < 4.78 is 10.9. The number of anilines is 2. The average molecular weight is 480 g/mol. The fourth-order valence-electron chi connectivity index (χ4n) is 3.87. The molecule has 1 aliphatic rings. The number of ether oxygens (including phenoxy) is 2. The van der Waals surface area contributed by atoms with E-state index in [4.69, 9.17) is 9.47 Å². The molecule has 1 atom stereocenters. The van der Waals surface area contributed by atoms with Gasteiger partial charge in [0.15, 0.2) is 0 Å². The molecule has 1 aliphatic heterocycles. The highest BCUT2D eigenvalue weighted by Crippen LogP contribution is 2.19. The van der Waals surface area contributed by atoms with Crippen LogP contribution in [-0.2, 0) is 16.1 Å². The minimum atomic E-state index is -0.221. The summed E-state index contributed by atoms with van der Waals surface area (Å²) in [4.78, 5) is 28.6. The second kappa shape index (κ2) is 11.8. The van der Waals surface area contributed by atoms with Gasteiger partial charge in [-0.2, -0.15) is 0 Å². The van der Waals surface area contributed by atoms with Crippen molar-refractivity contribution in [1.29, 1.82) is 0 Å². The first-order valence-corrected chi connectivity index (χ1v) is 12.2. The van der Waals surface area contributed by atoms with Gasteiger partial charge >= 0.3 is 0 Å². The number of hydrogen-bond donors (Lipinski definition) is 2. The lowest BCUT2D eigenvalue weighted by atomic mass is 10.2. The third kappa shape index (κ3) is 6.90. The Bertz CT molecular complexity index is 1060. The van der Waals surface area contributed by atoms with Crippen molar-refractivity contribution in [3.05, 3.63) is 76.5 Å². The molecule has 2 amide bonds. The highest BCUT2D eigenvalue weighted by Gasteiger charge is 2.21. The van der Waals surface area contributed by atoms with Gasteiger partial charge < -0.3 is 20.1 Å². The molecule has 0 aliphatic carbocycles. The molecule has 7 nitrogen and oxygen atoms in total. The van der Waals surface area contributed by atoms with E-state index < -0.39 is 0 Å². The molecule has 8 heteroatoms. The Hall–Kier alpha value is -3.20. The second-order valence-corrected chi connectivity index (χ2v) is 9.22. The largest absolute Gasteiger partial charge is 0.497 e. The van der Waals surface area contributed by atoms with Crippen molar-refractivity contribution in [2.24, 2.45) is 0 Å². The van der Waals surface area contributed by atoms with Crippen molar-refractivity contribution in [1.82, 2.24) is 4.90 Å². The van der Waals surface area contributed by atoms with Gasteiger partial charge in [0.25, 0.3) is 5.91 Å². The van der Waals surface area contributed by atoms with E-state index in [9.17, 15) is 9.59 Å². The van der Waals surface area contributed by atoms with Gasteiger partial charge in [0.2, 0.25) is 5.91 Å². The molecule has 0 spiro atoms. The number of nitrogens with zero attached hydrogens (tertiary/aromatic N) is 1. The Morgan fingerprint density at radius 3 is 2.44 bits per heavy atom. The molecule has 2 N–H and O–H groups in total. The maximum atomic E-state index is 12.8. The molecule has 1 saturated heterocycles. The van der Waals surface area contributed by atoms with Crippen LogP contribution in [0.25, 0.3) is 0 Å². The normalized spacial score (nSPS) is 15.3.